The van der Waals surface area contributed by atoms with Crippen LogP contribution in [0.2, 0.25) is 15.1 Å². The van der Waals surface area contributed by atoms with Crippen LogP contribution in [0.3, 0.4) is 0 Å². The zero-order valence-electron chi connectivity index (χ0n) is 31.0. The molecule has 11 nitrogen and oxygen atoms in total. The molecule has 1 atom stereocenters. The van der Waals surface area contributed by atoms with Crippen molar-refractivity contribution >= 4 is 75.4 Å². The van der Waals surface area contributed by atoms with Crippen LogP contribution in [-0.4, -0.2) is 43.3 Å². The van der Waals surface area contributed by atoms with E-state index in [0.717, 1.165) is 17.0 Å². The maximum atomic E-state index is 13.7. The number of nitrogens with one attached hydrogen (secondary N) is 2. The summed E-state index contributed by atoms with van der Waals surface area (Å²) in [6.07, 6.45) is 0.880. The summed E-state index contributed by atoms with van der Waals surface area (Å²) in [4.78, 5) is 40.4. The molecule has 0 spiro atoms. The number of methoxy groups -OCH3 is 1. The monoisotopic (exact) mass is 790 g/mol. The first-order valence-corrected chi connectivity index (χ1v) is 18.2. The van der Waals surface area contributed by atoms with E-state index in [1.165, 1.54) is 30.9 Å². The number of hydrogen-bond acceptors (Lipinski definition) is 8. The Morgan fingerprint density at radius 3 is 2.22 bits per heavy atom. The molecule has 3 amide bonds. The van der Waals surface area contributed by atoms with Gasteiger partial charge in [0, 0.05) is 21.8 Å². The molecular weight excluding hydrogens is 751 g/mol. The number of nitrogens with zero attached hydrogens (tertiary/aromatic N) is 4. The maximum Gasteiger partial charge on any atom is 0.282 e. The van der Waals surface area contributed by atoms with Crippen molar-refractivity contribution in [3.63, 3.8) is 0 Å². The van der Waals surface area contributed by atoms with Crippen LogP contribution in [0.4, 0.5) is 17.1 Å². The van der Waals surface area contributed by atoms with Gasteiger partial charge in [0.15, 0.2) is 12.4 Å². The first kappa shape index (κ1) is 40.2. The molecule has 1 aliphatic rings. The van der Waals surface area contributed by atoms with Gasteiger partial charge in [-0.15, -0.1) is 5.10 Å². The van der Waals surface area contributed by atoms with E-state index in [1.54, 1.807) is 42.5 Å². The molecule has 0 aliphatic carbocycles. The number of carbonyl (C=O) groups excluding carboxylic acids is 3. The zero-order valence-corrected chi connectivity index (χ0v) is 33.2. The van der Waals surface area contributed by atoms with E-state index in [9.17, 15) is 14.4 Å². The summed E-state index contributed by atoms with van der Waals surface area (Å²) in [5.41, 5.74) is 2.98. The summed E-state index contributed by atoms with van der Waals surface area (Å²) in [6, 6.07) is 20.5. The summed E-state index contributed by atoms with van der Waals surface area (Å²) in [5.74, 6) is -0.591. The van der Waals surface area contributed by atoms with Gasteiger partial charge >= 0.3 is 0 Å². The first-order chi connectivity index (χ1) is 25.5. The van der Waals surface area contributed by atoms with Gasteiger partial charge in [0.1, 0.15) is 17.2 Å². The van der Waals surface area contributed by atoms with Gasteiger partial charge in [-0.2, -0.15) is 15.2 Å². The molecule has 0 bridgehead atoms. The summed E-state index contributed by atoms with van der Waals surface area (Å²) in [7, 11) is 1.54. The molecule has 0 aromatic heterocycles. The van der Waals surface area contributed by atoms with Crippen molar-refractivity contribution in [3.8, 4) is 11.5 Å². The third-order valence-corrected chi connectivity index (χ3v) is 9.73. The molecule has 0 saturated carbocycles. The normalized spacial score (nSPS) is 14.6. The van der Waals surface area contributed by atoms with E-state index < -0.39 is 23.8 Å². The Balaban J connectivity index is 1.34. The van der Waals surface area contributed by atoms with Crippen molar-refractivity contribution in [3.05, 3.63) is 111 Å². The number of benzene rings is 4. The van der Waals surface area contributed by atoms with Crippen LogP contribution >= 0.6 is 34.8 Å². The molecule has 1 heterocycles. The number of carbonyl (C=O) groups is 3. The highest BCUT2D eigenvalue weighted by molar-refractivity contribution is 6.43. The molecule has 4 aromatic carbocycles. The number of rotatable bonds is 11. The average molecular weight is 792 g/mol. The lowest BCUT2D eigenvalue weighted by molar-refractivity contribution is -0.118. The molecule has 0 saturated heterocycles. The fraction of sp³-hybridized carbons (Fsp3) is 0.300. The van der Waals surface area contributed by atoms with Crippen molar-refractivity contribution in [1.29, 1.82) is 0 Å². The van der Waals surface area contributed by atoms with Gasteiger partial charge in [-0.3, -0.25) is 14.4 Å². The van der Waals surface area contributed by atoms with Crippen LogP contribution in [0.1, 0.15) is 69.4 Å². The quantitative estimate of drug-likeness (QED) is 0.146. The van der Waals surface area contributed by atoms with Crippen LogP contribution in [0.15, 0.2) is 94.2 Å². The van der Waals surface area contributed by atoms with Crippen LogP contribution in [0, 0.1) is 0 Å². The second-order valence-corrected chi connectivity index (χ2v) is 15.5. The fourth-order valence-electron chi connectivity index (χ4n) is 5.42. The molecule has 1 aliphatic heterocycles. The molecule has 282 valence electrons. The minimum Gasteiger partial charge on any atom is -0.497 e. The van der Waals surface area contributed by atoms with Gasteiger partial charge < -0.3 is 20.1 Å². The maximum absolute atomic E-state index is 13.7. The Hall–Kier alpha value is -4.97. The molecule has 1 unspecified atom stereocenters. The minimum absolute atomic E-state index is 0.0501. The predicted molar refractivity (Wildman–Crippen MR) is 214 cm³/mol. The molecule has 0 fully saturated rings. The average Bonchev–Trinajstić information content (AvgIpc) is 3.42. The Labute approximate surface area is 329 Å². The lowest BCUT2D eigenvalue weighted by Gasteiger charge is -2.29. The van der Waals surface area contributed by atoms with Gasteiger partial charge in [0.2, 0.25) is 6.04 Å². The third-order valence-electron chi connectivity index (χ3n) is 8.93. The van der Waals surface area contributed by atoms with Crippen molar-refractivity contribution in [2.45, 2.75) is 64.8 Å². The van der Waals surface area contributed by atoms with Crippen LogP contribution in [0.5, 0.6) is 11.5 Å². The van der Waals surface area contributed by atoms with Crippen LogP contribution in [-0.2, 0) is 20.4 Å². The number of azo groups is 1. The smallest absolute Gasteiger partial charge is 0.282 e. The van der Waals surface area contributed by atoms with Crippen molar-refractivity contribution < 1.29 is 23.9 Å². The van der Waals surface area contributed by atoms with Crippen LogP contribution < -0.4 is 25.1 Å². The largest absolute Gasteiger partial charge is 0.497 e. The summed E-state index contributed by atoms with van der Waals surface area (Å²) in [5, 5.41) is 19.6. The summed E-state index contributed by atoms with van der Waals surface area (Å²) >= 11 is 18.9. The third kappa shape index (κ3) is 9.39. The standard InChI is InChI=1S/C40H41Cl3N6O5/c1-8-40(5,6)29-19-24(39(2,3)4)12-17-32(29)54-22-33(50)44-27-11-9-10-23(18-27)37(51)45-36-34(47-46-26-13-15-28(53-7)16-14-26)38(52)49(48-36)35-30(42)20-25(41)21-31(35)43/h9-21,34H,8,22H2,1-7H3,(H,44,50)(H,45,48,51). The van der Waals surface area contributed by atoms with E-state index in [1.807, 2.05) is 12.1 Å². The molecule has 14 heteroatoms. The number of halogens is 3. The Kier molecular flexibility index (Phi) is 12.4. The number of amides is 3. The van der Waals surface area contributed by atoms with Crippen LogP contribution in [0.25, 0.3) is 0 Å². The molecule has 54 heavy (non-hydrogen) atoms. The highest BCUT2D eigenvalue weighted by atomic mass is 35.5. The lowest BCUT2D eigenvalue weighted by atomic mass is 9.78. The summed E-state index contributed by atoms with van der Waals surface area (Å²) in [6.45, 7) is 12.6. The van der Waals surface area contributed by atoms with E-state index in [2.05, 4.69) is 73.6 Å². The number of anilines is 2. The van der Waals surface area contributed by atoms with Gasteiger partial charge in [-0.1, -0.05) is 94.5 Å². The van der Waals surface area contributed by atoms with E-state index in [0.29, 0.717) is 22.9 Å². The van der Waals surface area contributed by atoms with Crippen molar-refractivity contribution in [2.24, 2.45) is 15.3 Å². The topological polar surface area (TPSA) is 134 Å². The number of ether oxygens (including phenoxy) is 2. The molecule has 0 radical (unpaired) electrons. The fourth-order valence-corrected chi connectivity index (χ4v) is 6.40. The van der Waals surface area contributed by atoms with Gasteiger partial charge in [-0.25, -0.2) is 0 Å². The van der Waals surface area contributed by atoms with E-state index in [4.69, 9.17) is 44.3 Å². The zero-order chi connectivity index (χ0) is 39.4. The Morgan fingerprint density at radius 1 is 0.907 bits per heavy atom. The second kappa shape index (κ2) is 16.6. The van der Waals surface area contributed by atoms with Gasteiger partial charge in [0.05, 0.1) is 22.8 Å². The van der Waals surface area contributed by atoms with Gasteiger partial charge in [0.25, 0.3) is 17.7 Å². The van der Waals surface area contributed by atoms with Crippen molar-refractivity contribution in [2.75, 3.05) is 24.0 Å². The number of amidine groups is 1. The van der Waals surface area contributed by atoms with Crippen molar-refractivity contribution in [1.82, 2.24) is 5.32 Å². The number of hydrogen-bond donors (Lipinski definition) is 2. The molecule has 2 N–H and O–H groups in total. The Morgan fingerprint density at radius 2 is 1.59 bits per heavy atom. The highest BCUT2D eigenvalue weighted by Crippen LogP contribution is 2.40. The van der Waals surface area contributed by atoms with E-state index >= 15 is 0 Å². The SMILES string of the molecule is CCC(C)(C)c1cc(C(C)(C)C)ccc1OCC(=O)Nc1cccc(C(=O)NC2=NN(c3c(Cl)cc(Cl)cc3Cl)C(=O)C2N=Nc2ccc(OC)cc2)c1. The van der Waals surface area contributed by atoms with E-state index in [-0.39, 0.29) is 49.6 Å². The minimum atomic E-state index is -1.36. The first-order valence-electron chi connectivity index (χ1n) is 17.1. The highest BCUT2D eigenvalue weighted by Gasteiger charge is 2.40. The molecule has 5 rings (SSSR count). The predicted octanol–water partition coefficient (Wildman–Crippen LogP) is 9.90. The lowest BCUT2D eigenvalue weighted by Crippen LogP contribution is -2.39. The van der Waals surface area contributed by atoms with Gasteiger partial charge in [-0.05, 0) is 83.5 Å². The molecular formula is C40H41Cl3N6O5. The Bertz CT molecular complexity index is 2110. The number of hydrazone groups is 1. The summed E-state index contributed by atoms with van der Waals surface area (Å²) < 4.78 is 11.2. The second-order valence-electron chi connectivity index (χ2n) is 14.2. The molecule has 4 aromatic rings.